The molecule has 5 heteroatoms. The minimum Gasteiger partial charge on any atom is -0.407 e. The zero-order valence-corrected chi connectivity index (χ0v) is 55.4. The smallest absolute Gasteiger partial charge is 0.261 e. The minimum absolute atomic E-state index is 0.00257. The summed E-state index contributed by atoms with van der Waals surface area (Å²) in [6.07, 6.45) is 24.6. The van der Waals surface area contributed by atoms with Crippen molar-refractivity contribution in [2.24, 2.45) is 113 Å². The molecule has 0 amide bonds. The summed E-state index contributed by atoms with van der Waals surface area (Å²) in [7, 11) is -2.64. The fourth-order valence-corrected chi connectivity index (χ4v) is 30.7. The van der Waals surface area contributed by atoms with Crippen LogP contribution < -0.4 is 10.4 Å². The van der Waals surface area contributed by atoms with Gasteiger partial charge in [-0.15, -0.1) is 0 Å². The van der Waals surface area contributed by atoms with Crippen LogP contribution in [0.3, 0.4) is 0 Å². The molecule has 0 saturated heterocycles. The predicted octanol–water partition coefficient (Wildman–Crippen LogP) is 17.6. The third-order valence-corrected chi connectivity index (χ3v) is 35.7. The number of rotatable bonds is 8. The average Bonchev–Trinajstić information content (AvgIpc) is 4.17. The number of aliphatic hydroxyl groups excluding tert-OH is 3. The Morgan fingerprint density at radius 1 is 0.481 bits per heavy atom. The van der Waals surface area contributed by atoms with E-state index in [9.17, 15) is 15.3 Å². The normalized spacial score (nSPS) is 47.5. The molecule has 10 saturated carbocycles. The van der Waals surface area contributed by atoms with Gasteiger partial charge < -0.3 is 19.7 Å². The van der Waals surface area contributed by atoms with E-state index < -0.39 is 8.32 Å². The highest BCUT2D eigenvalue weighted by Gasteiger charge is 2.73. The van der Waals surface area contributed by atoms with E-state index in [-0.39, 0.29) is 38.9 Å². The molecule has 2 aromatic rings. The molecule has 3 N–H and O–H groups in total. The number of hydrogen-bond acceptors (Lipinski definition) is 4. The monoisotopic (exact) mass is 1120 g/mol. The summed E-state index contributed by atoms with van der Waals surface area (Å²) in [6.45, 7) is 47.9. The Hall–Kier alpha value is -2.02. The molecule has 0 radical (unpaired) electrons. The van der Waals surface area contributed by atoms with E-state index in [1.165, 1.54) is 137 Å². The summed E-state index contributed by atoms with van der Waals surface area (Å²) in [5.41, 5.74) is 5.16. The first-order chi connectivity index (χ1) is 37.9. The van der Waals surface area contributed by atoms with Crippen molar-refractivity contribution < 1.29 is 19.7 Å². The number of allylic oxidation sites excluding steroid dienone is 2. The first kappa shape index (κ1) is 60.7. The molecule has 0 aromatic heterocycles. The van der Waals surface area contributed by atoms with Crippen molar-refractivity contribution in [3.63, 3.8) is 0 Å². The van der Waals surface area contributed by atoms with E-state index in [1.54, 1.807) is 0 Å². The molecule has 10 aliphatic rings. The molecule has 81 heavy (non-hydrogen) atoms. The Kier molecular flexibility index (Phi) is 15.2. The lowest BCUT2D eigenvalue weighted by Crippen LogP contribution is -2.69. The summed E-state index contributed by atoms with van der Waals surface area (Å²) in [5, 5.41) is 35.5. The molecule has 8 unspecified atom stereocenters. The van der Waals surface area contributed by atoms with Gasteiger partial charge in [-0.2, -0.15) is 0 Å². The third kappa shape index (κ3) is 8.44. The number of fused-ring (bicyclic) bond motifs is 14. The molecule has 12 rings (SSSR count). The van der Waals surface area contributed by atoms with Gasteiger partial charge in [-0.05, 0) is 271 Å². The Morgan fingerprint density at radius 2 is 0.877 bits per heavy atom. The fourth-order valence-electron chi connectivity index (χ4n) is 26.1. The van der Waals surface area contributed by atoms with Gasteiger partial charge in [0.05, 0.1) is 12.2 Å². The van der Waals surface area contributed by atoms with E-state index in [0.717, 1.165) is 37.2 Å². The van der Waals surface area contributed by atoms with E-state index in [2.05, 4.69) is 171 Å². The second-order valence-corrected chi connectivity index (χ2v) is 39.3. The maximum absolute atomic E-state index is 11.2. The van der Waals surface area contributed by atoms with Crippen LogP contribution in [0.5, 0.6) is 0 Å². The summed E-state index contributed by atoms with van der Waals surface area (Å²) >= 11 is 0. The lowest BCUT2D eigenvalue weighted by Gasteiger charge is -2.73. The highest BCUT2D eigenvalue weighted by Crippen LogP contribution is 2.80. The van der Waals surface area contributed by atoms with Gasteiger partial charge >= 0.3 is 0 Å². The molecular weight excluding hydrogens is 1000 g/mol. The zero-order chi connectivity index (χ0) is 58.6. The van der Waals surface area contributed by atoms with Gasteiger partial charge in [0.15, 0.2) is 0 Å². The quantitative estimate of drug-likeness (QED) is 0.182. The number of aliphatic hydroxyl groups is 3. The van der Waals surface area contributed by atoms with Gasteiger partial charge in [0.25, 0.3) is 8.32 Å². The molecule has 4 nitrogen and oxygen atoms in total. The Labute approximate surface area is 496 Å². The van der Waals surface area contributed by atoms with E-state index in [1.807, 2.05) is 0 Å². The Balaban J connectivity index is 0.000000186. The van der Waals surface area contributed by atoms with Crippen LogP contribution in [-0.4, -0.2) is 49.1 Å². The number of hydrogen-bond donors (Lipinski definition) is 3. The standard InChI is InChI=1S/C46H68O2Si.C30H50O2/c1-32(2)35-23-28-46(31-48-49(41(3,4)5,33-17-13-11-14-18-33)34-19-15-12-16-20-34)30-29-44(9)36(40(35)46)21-22-38-43(8)26-25-39(47)42(6,7)37(43)24-27-45(38,44)10;1-19(2)20-10-15-30(18-31)17-16-28(6)21(25(20)30)8-9-23-27(5)13-12-24(32)26(3,4)22(27)11-14-29(23,28)7/h11-20,35-40,47H,1,21-31H2,2-10H3;20-25,31-32H,1,8-18H2,2-7H3/t35-,36?,37?,38?,39-,40?,43-,44+,45+,46+;20-,21?,22?,23?,24-,25?,27-,28+,29+,30+/m00/s1. The maximum Gasteiger partial charge on any atom is 0.261 e. The van der Waals surface area contributed by atoms with Crippen LogP contribution in [0.15, 0.2) is 85.0 Å². The first-order valence-corrected chi connectivity index (χ1v) is 35.8. The lowest BCUT2D eigenvalue weighted by atomic mass is 9.32. The van der Waals surface area contributed by atoms with Crippen LogP contribution >= 0.6 is 0 Å². The second kappa shape index (κ2) is 20.3. The molecule has 2 aromatic carbocycles. The SMILES string of the molecule is C=C(C)[C@@H]1CC[C@]2(CO)CC[C@]3(C)C(CCC4[C@@]5(C)CC[C@H](O)C(C)(C)C5CC[C@]43C)C12.C=C(C)[C@@H]1CC[C@]2(CO[Si](c3ccccc3)(c3ccccc3)C(C)(C)C)CC[C@]3(C)C(CCC4[C@@]5(C)CC[C@H](O)C(C)(C)C5CC[C@]43C)C12. The van der Waals surface area contributed by atoms with E-state index in [0.29, 0.717) is 80.5 Å². The van der Waals surface area contributed by atoms with Gasteiger partial charge in [-0.1, -0.05) is 175 Å². The van der Waals surface area contributed by atoms with E-state index in [4.69, 9.17) is 11.0 Å². The summed E-state index contributed by atoms with van der Waals surface area (Å²) in [4.78, 5) is 0. The minimum atomic E-state index is -2.64. The molecule has 0 aliphatic heterocycles. The Morgan fingerprint density at radius 3 is 1.27 bits per heavy atom. The maximum atomic E-state index is 11.2. The fraction of sp³-hybridized carbons (Fsp3) is 0.789. The van der Waals surface area contributed by atoms with Gasteiger partial charge in [-0.25, -0.2) is 0 Å². The van der Waals surface area contributed by atoms with Gasteiger partial charge in [0.1, 0.15) is 0 Å². The van der Waals surface area contributed by atoms with Crippen molar-refractivity contribution >= 4 is 18.7 Å². The number of benzene rings is 2. The highest BCUT2D eigenvalue weighted by molar-refractivity contribution is 6.99. The topological polar surface area (TPSA) is 69.9 Å². The average molecular weight is 1120 g/mol. The molecule has 450 valence electrons. The first-order valence-electron chi connectivity index (χ1n) is 33.9. The van der Waals surface area contributed by atoms with Crippen molar-refractivity contribution in [3.8, 4) is 0 Å². The zero-order valence-electron chi connectivity index (χ0n) is 54.4. The van der Waals surface area contributed by atoms with Gasteiger partial charge in [0.2, 0.25) is 0 Å². The molecule has 0 bridgehead atoms. The van der Waals surface area contributed by atoms with Crippen LogP contribution in [0.25, 0.3) is 0 Å². The summed E-state index contributed by atoms with van der Waals surface area (Å²) in [6, 6.07) is 22.6. The lowest BCUT2D eigenvalue weighted by molar-refractivity contribution is -0.249. The van der Waals surface area contributed by atoms with Crippen LogP contribution in [0, 0.1) is 113 Å². The van der Waals surface area contributed by atoms with Gasteiger partial charge in [-0.3, -0.25) is 0 Å². The van der Waals surface area contributed by atoms with E-state index >= 15 is 0 Å². The van der Waals surface area contributed by atoms with Gasteiger partial charge in [0, 0.05) is 13.2 Å². The molecule has 20 atom stereocenters. The molecular formula is C76H118O4Si. The third-order valence-electron chi connectivity index (χ3n) is 30.7. The predicted molar refractivity (Wildman–Crippen MR) is 341 cm³/mol. The molecule has 10 aliphatic carbocycles. The second-order valence-electron chi connectivity index (χ2n) is 35.0. The van der Waals surface area contributed by atoms with Crippen LogP contribution in [-0.2, 0) is 4.43 Å². The molecule has 0 spiro atoms. The highest BCUT2D eigenvalue weighted by atomic mass is 28.4. The van der Waals surface area contributed by atoms with Crippen molar-refractivity contribution in [2.75, 3.05) is 13.2 Å². The van der Waals surface area contributed by atoms with Crippen molar-refractivity contribution in [1.29, 1.82) is 0 Å². The van der Waals surface area contributed by atoms with Crippen LogP contribution in [0.1, 0.15) is 232 Å². The van der Waals surface area contributed by atoms with Crippen LogP contribution in [0.4, 0.5) is 0 Å². The van der Waals surface area contributed by atoms with Crippen molar-refractivity contribution in [1.82, 2.24) is 0 Å². The van der Waals surface area contributed by atoms with Crippen molar-refractivity contribution in [2.45, 2.75) is 250 Å². The molecule has 10 fully saturated rings. The molecule has 0 heterocycles. The van der Waals surface area contributed by atoms with Crippen molar-refractivity contribution in [3.05, 3.63) is 85.0 Å². The summed E-state index contributed by atoms with van der Waals surface area (Å²) < 4.78 is 7.89. The Bertz CT molecular complexity index is 2610. The summed E-state index contributed by atoms with van der Waals surface area (Å²) in [5.74, 6) is 6.60. The van der Waals surface area contributed by atoms with Crippen LogP contribution in [0.2, 0.25) is 5.04 Å². The largest absolute Gasteiger partial charge is 0.407 e.